The number of benzene rings is 3. The zero-order chi connectivity index (χ0) is 23.4. The first-order valence-electron chi connectivity index (χ1n) is 9.83. The van der Waals surface area contributed by atoms with Gasteiger partial charge in [-0.1, -0.05) is 57.3 Å². The molecular formula is C24H17BrCl2FN3O2. The second-order valence-corrected chi connectivity index (χ2v) is 8.84. The molecule has 0 aliphatic heterocycles. The van der Waals surface area contributed by atoms with Gasteiger partial charge in [-0.15, -0.1) is 0 Å². The van der Waals surface area contributed by atoms with Crippen molar-refractivity contribution >= 4 is 50.9 Å². The molecule has 168 valence electrons. The SMILES string of the molecule is O=C(Nc1ccn(Cc2c(F)cccc2Cl)n1)c1ccc(COc2ccc(Br)cc2Cl)cc1. The van der Waals surface area contributed by atoms with Gasteiger partial charge in [-0.2, -0.15) is 5.10 Å². The molecule has 0 radical (unpaired) electrons. The van der Waals surface area contributed by atoms with E-state index in [0.29, 0.717) is 39.3 Å². The van der Waals surface area contributed by atoms with Gasteiger partial charge >= 0.3 is 0 Å². The normalized spacial score (nSPS) is 10.8. The van der Waals surface area contributed by atoms with Crippen LogP contribution < -0.4 is 10.1 Å². The summed E-state index contributed by atoms with van der Waals surface area (Å²) < 4.78 is 22.1. The van der Waals surface area contributed by atoms with E-state index in [1.807, 2.05) is 6.07 Å². The monoisotopic (exact) mass is 547 g/mol. The van der Waals surface area contributed by atoms with Crippen LogP contribution in [0.4, 0.5) is 10.2 Å². The van der Waals surface area contributed by atoms with E-state index in [4.69, 9.17) is 27.9 Å². The Morgan fingerprint density at radius 2 is 1.85 bits per heavy atom. The quantitative estimate of drug-likeness (QED) is 0.271. The smallest absolute Gasteiger partial charge is 0.256 e. The molecule has 0 aliphatic rings. The Labute approximate surface area is 208 Å². The van der Waals surface area contributed by atoms with Crippen LogP contribution in [-0.4, -0.2) is 15.7 Å². The summed E-state index contributed by atoms with van der Waals surface area (Å²) in [5, 5.41) is 7.84. The highest BCUT2D eigenvalue weighted by molar-refractivity contribution is 9.10. The van der Waals surface area contributed by atoms with Gasteiger partial charge in [-0.05, 0) is 48.0 Å². The summed E-state index contributed by atoms with van der Waals surface area (Å²) in [7, 11) is 0. The standard InChI is InChI=1S/C24H17BrCl2FN3O2/c25-17-8-9-22(20(27)12-17)33-14-15-4-6-16(7-5-15)24(32)29-23-10-11-31(30-23)13-18-19(26)2-1-3-21(18)28/h1-12H,13-14H2,(H,29,30,32). The van der Waals surface area contributed by atoms with Gasteiger partial charge in [0.2, 0.25) is 0 Å². The van der Waals surface area contributed by atoms with Gasteiger partial charge in [0.15, 0.2) is 5.82 Å². The number of ether oxygens (including phenoxy) is 1. The van der Waals surface area contributed by atoms with Crippen molar-refractivity contribution in [2.45, 2.75) is 13.2 Å². The Hall–Kier alpha value is -2.87. The average molecular weight is 549 g/mol. The van der Waals surface area contributed by atoms with Gasteiger partial charge in [0.1, 0.15) is 18.2 Å². The lowest BCUT2D eigenvalue weighted by molar-refractivity contribution is 0.102. The molecule has 0 saturated carbocycles. The fourth-order valence-corrected chi connectivity index (χ4v) is 4.01. The van der Waals surface area contributed by atoms with Crippen molar-refractivity contribution in [3.8, 4) is 5.75 Å². The van der Waals surface area contributed by atoms with Crippen LogP contribution in [0.5, 0.6) is 5.75 Å². The summed E-state index contributed by atoms with van der Waals surface area (Å²) in [4.78, 5) is 12.6. The predicted molar refractivity (Wildman–Crippen MR) is 131 cm³/mol. The molecule has 1 N–H and O–H groups in total. The molecule has 1 heterocycles. The van der Waals surface area contributed by atoms with Crippen LogP contribution in [-0.2, 0) is 13.2 Å². The number of nitrogens with zero attached hydrogens (tertiary/aromatic N) is 2. The van der Waals surface area contributed by atoms with Gasteiger partial charge < -0.3 is 10.1 Å². The molecular weight excluding hydrogens is 532 g/mol. The molecule has 5 nitrogen and oxygen atoms in total. The van der Waals surface area contributed by atoms with Crippen LogP contribution in [0.15, 0.2) is 77.4 Å². The summed E-state index contributed by atoms with van der Waals surface area (Å²) in [5.74, 6) is 0.210. The van der Waals surface area contributed by atoms with Gasteiger partial charge in [-0.25, -0.2) is 4.39 Å². The summed E-state index contributed by atoms with van der Waals surface area (Å²) in [6.07, 6.45) is 1.64. The highest BCUT2D eigenvalue weighted by atomic mass is 79.9. The van der Waals surface area contributed by atoms with Gasteiger partial charge in [-0.3, -0.25) is 9.48 Å². The zero-order valence-corrected chi connectivity index (χ0v) is 20.2. The van der Waals surface area contributed by atoms with Crippen molar-refractivity contribution in [3.63, 3.8) is 0 Å². The number of carbonyl (C=O) groups is 1. The fourth-order valence-electron chi connectivity index (χ4n) is 3.06. The number of hydrogen-bond acceptors (Lipinski definition) is 3. The van der Waals surface area contributed by atoms with E-state index >= 15 is 0 Å². The molecule has 9 heteroatoms. The van der Waals surface area contributed by atoms with E-state index in [1.165, 1.54) is 10.7 Å². The topological polar surface area (TPSA) is 56.2 Å². The predicted octanol–water partition coefficient (Wildman–Crippen LogP) is 6.97. The van der Waals surface area contributed by atoms with Gasteiger partial charge in [0.25, 0.3) is 5.91 Å². The lowest BCUT2D eigenvalue weighted by Gasteiger charge is -2.09. The summed E-state index contributed by atoms with van der Waals surface area (Å²) in [5.41, 5.74) is 1.69. The maximum atomic E-state index is 14.0. The molecule has 0 fully saturated rings. The molecule has 0 aliphatic carbocycles. The zero-order valence-electron chi connectivity index (χ0n) is 17.1. The van der Waals surface area contributed by atoms with Crippen molar-refractivity contribution in [1.82, 2.24) is 9.78 Å². The molecule has 4 rings (SSSR count). The van der Waals surface area contributed by atoms with E-state index in [1.54, 1.807) is 60.8 Å². The molecule has 33 heavy (non-hydrogen) atoms. The number of aromatic nitrogens is 2. The van der Waals surface area contributed by atoms with Crippen molar-refractivity contribution in [1.29, 1.82) is 0 Å². The number of halogens is 4. The molecule has 4 aromatic rings. The molecule has 0 spiro atoms. The third-order valence-electron chi connectivity index (χ3n) is 4.77. The Morgan fingerprint density at radius 3 is 2.58 bits per heavy atom. The Kier molecular flexibility index (Phi) is 7.33. The van der Waals surface area contributed by atoms with Crippen molar-refractivity contribution < 1.29 is 13.9 Å². The van der Waals surface area contributed by atoms with Crippen LogP contribution >= 0.6 is 39.1 Å². The summed E-state index contributed by atoms with van der Waals surface area (Å²) in [6, 6.07) is 18.6. The lowest BCUT2D eigenvalue weighted by atomic mass is 10.1. The molecule has 1 amide bonds. The number of hydrogen-bond donors (Lipinski definition) is 1. The number of carbonyl (C=O) groups excluding carboxylic acids is 1. The van der Waals surface area contributed by atoms with E-state index in [9.17, 15) is 9.18 Å². The largest absolute Gasteiger partial charge is 0.487 e. The summed E-state index contributed by atoms with van der Waals surface area (Å²) >= 11 is 15.6. The maximum Gasteiger partial charge on any atom is 0.256 e. The highest BCUT2D eigenvalue weighted by Gasteiger charge is 2.11. The van der Waals surface area contributed by atoms with Crippen LogP contribution in [0.25, 0.3) is 0 Å². The molecule has 0 saturated heterocycles. The first-order chi connectivity index (χ1) is 15.9. The van der Waals surface area contributed by atoms with E-state index in [2.05, 4.69) is 26.3 Å². The second-order valence-electron chi connectivity index (χ2n) is 7.11. The maximum absolute atomic E-state index is 14.0. The second kappa shape index (κ2) is 10.4. The minimum Gasteiger partial charge on any atom is -0.487 e. The van der Waals surface area contributed by atoms with Gasteiger partial charge in [0, 0.05) is 32.9 Å². The first-order valence-corrected chi connectivity index (χ1v) is 11.4. The van der Waals surface area contributed by atoms with Crippen molar-refractivity contribution in [3.05, 3.63) is 110 Å². The number of rotatable bonds is 7. The van der Waals surface area contributed by atoms with E-state index in [0.717, 1.165) is 10.0 Å². The minimum absolute atomic E-state index is 0.151. The summed E-state index contributed by atoms with van der Waals surface area (Å²) in [6.45, 7) is 0.463. The van der Waals surface area contributed by atoms with E-state index < -0.39 is 5.82 Å². The Bertz CT molecular complexity index is 1280. The van der Waals surface area contributed by atoms with Crippen LogP contribution in [0.1, 0.15) is 21.5 Å². The Morgan fingerprint density at radius 1 is 1.06 bits per heavy atom. The molecule has 3 aromatic carbocycles. The van der Waals surface area contributed by atoms with E-state index in [-0.39, 0.29) is 12.5 Å². The molecule has 0 bridgehead atoms. The van der Waals surface area contributed by atoms with Gasteiger partial charge in [0.05, 0.1) is 11.6 Å². The molecule has 1 aromatic heterocycles. The Balaban J connectivity index is 1.35. The minimum atomic E-state index is -0.407. The average Bonchev–Trinajstić information content (AvgIpc) is 3.23. The first kappa shape index (κ1) is 23.3. The molecule has 0 unspecified atom stereocenters. The van der Waals surface area contributed by atoms with Crippen LogP contribution in [0, 0.1) is 5.82 Å². The van der Waals surface area contributed by atoms with Crippen LogP contribution in [0.3, 0.4) is 0 Å². The number of amides is 1. The number of anilines is 1. The van der Waals surface area contributed by atoms with Crippen molar-refractivity contribution in [2.24, 2.45) is 0 Å². The third kappa shape index (κ3) is 5.93. The highest BCUT2D eigenvalue weighted by Crippen LogP contribution is 2.28. The lowest BCUT2D eigenvalue weighted by Crippen LogP contribution is -2.13. The third-order valence-corrected chi connectivity index (χ3v) is 5.91. The molecule has 0 atom stereocenters. The van der Waals surface area contributed by atoms with Crippen molar-refractivity contribution in [2.75, 3.05) is 5.32 Å². The fraction of sp³-hybridized carbons (Fsp3) is 0.0833. The van der Waals surface area contributed by atoms with Crippen LogP contribution in [0.2, 0.25) is 10.0 Å². The number of nitrogens with one attached hydrogen (secondary N) is 1.